The first-order valence-corrected chi connectivity index (χ1v) is 5.81. The number of rotatable bonds is 4. The van der Waals surface area contributed by atoms with Gasteiger partial charge in [-0.15, -0.1) is 0 Å². The maximum Gasteiger partial charge on any atom is 0.0534 e. The largest absolute Gasteiger partial charge is 0.313 e. The summed E-state index contributed by atoms with van der Waals surface area (Å²) in [6.45, 7) is 4.40. The molecule has 0 radical (unpaired) electrons. The molecule has 2 unspecified atom stereocenters. The van der Waals surface area contributed by atoms with E-state index in [0.717, 1.165) is 6.54 Å². The molecule has 3 N–H and O–H groups in total. The lowest BCUT2D eigenvalue weighted by Gasteiger charge is -2.25. The van der Waals surface area contributed by atoms with Crippen molar-refractivity contribution in [2.75, 3.05) is 13.1 Å². The molecule has 1 saturated heterocycles. The highest BCUT2D eigenvalue weighted by atomic mass is 15.1. The van der Waals surface area contributed by atoms with Crippen LogP contribution in [0.4, 0.5) is 0 Å². The number of nitrogens with zero attached hydrogens (tertiary/aromatic N) is 1. The van der Waals surface area contributed by atoms with Crippen LogP contribution in [0.2, 0.25) is 0 Å². The van der Waals surface area contributed by atoms with Gasteiger partial charge in [-0.1, -0.05) is 6.42 Å². The molecule has 0 bridgehead atoms. The Bertz CT molecular complexity index is 264. The van der Waals surface area contributed by atoms with Crippen molar-refractivity contribution in [1.82, 2.24) is 20.8 Å². The van der Waals surface area contributed by atoms with Crippen molar-refractivity contribution in [3.05, 3.63) is 18.0 Å². The smallest absolute Gasteiger partial charge is 0.0534 e. The average molecular weight is 208 g/mol. The van der Waals surface area contributed by atoms with Crippen LogP contribution in [0.15, 0.2) is 12.4 Å². The molecular formula is C11H20N4. The van der Waals surface area contributed by atoms with Crippen molar-refractivity contribution >= 4 is 0 Å². The number of H-pyrrole nitrogens is 1. The van der Waals surface area contributed by atoms with Crippen LogP contribution < -0.4 is 10.6 Å². The molecule has 4 nitrogen and oxygen atoms in total. The zero-order valence-electron chi connectivity index (χ0n) is 9.29. The number of piperidine rings is 1. The van der Waals surface area contributed by atoms with Crippen LogP contribution in [0.25, 0.3) is 0 Å². The lowest BCUT2D eigenvalue weighted by Crippen LogP contribution is -2.42. The molecule has 1 aliphatic rings. The lowest BCUT2D eigenvalue weighted by molar-refractivity contribution is 0.371. The summed E-state index contributed by atoms with van der Waals surface area (Å²) in [6, 6.07) is 1.03. The summed E-state index contributed by atoms with van der Waals surface area (Å²) in [7, 11) is 0. The van der Waals surface area contributed by atoms with Gasteiger partial charge >= 0.3 is 0 Å². The van der Waals surface area contributed by atoms with Crippen molar-refractivity contribution in [3.63, 3.8) is 0 Å². The van der Waals surface area contributed by atoms with Crippen LogP contribution >= 0.6 is 0 Å². The number of hydrogen-bond donors (Lipinski definition) is 3. The van der Waals surface area contributed by atoms with Crippen LogP contribution in [0.3, 0.4) is 0 Å². The van der Waals surface area contributed by atoms with Gasteiger partial charge in [-0.2, -0.15) is 5.10 Å². The number of aromatic nitrogens is 2. The standard InChI is InChI=1S/C11H20N4/c1-9(10-6-14-15-7-10)13-8-11-4-2-3-5-12-11/h6-7,9,11-13H,2-5,8H2,1H3,(H,14,15). The Morgan fingerprint density at radius 2 is 2.53 bits per heavy atom. The van der Waals surface area contributed by atoms with Crippen LogP contribution in [-0.2, 0) is 0 Å². The van der Waals surface area contributed by atoms with E-state index in [2.05, 4.69) is 27.8 Å². The summed E-state index contributed by atoms with van der Waals surface area (Å²) >= 11 is 0. The SMILES string of the molecule is CC(NCC1CCCCN1)c1cn[nH]c1. The maximum atomic E-state index is 3.96. The molecule has 2 atom stereocenters. The highest BCUT2D eigenvalue weighted by Gasteiger charge is 2.13. The van der Waals surface area contributed by atoms with Crippen molar-refractivity contribution < 1.29 is 0 Å². The molecule has 0 saturated carbocycles. The Hall–Kier alpha value is -0.870. The van der Waals surface area contributed by atoms with E-state index in [1.807, 2.05) is 12.4 Å². The minimum Gasteiger partial charge on any atom is -0.313 e. The van der Waals surface area contributed by atoms with E-state index in [4.69, 9.17) is 0 Å². The molecule has 1 aromatic heterocycles. The van der Waals surface area contributed by atoms with Crippen molar-refractivity contribution in [1.29, 1.82) is 0 Å². The summed E-state index contributed by atoms with van der Waals surface area (Å²) in [4.78, 5) is 0. The van der Waals surface area contributed by atoms with Gasteiger partial charge in [0.15, 0.2) is 0 Å². The van der Waals surface area contributed by atoms with Crippen LogP contribution in [0, 0.1) is 0 Å². The fourth-order valence-corrected chi connectivity index (χ4v) is 2.03. The molecular weight excluding hydrogens is 188 g/mol. The third-order valence-electron chi connectivity index (χ3n) is 3.10. The molecule has 0 aliphatic carbocycles. The molecule has 0 spiro atoms. The van der Waals surface area contributed by atoms with E-state index in [0.29, 0.717) is 12.1 Å². The first kappa shape index (κ1) is 10.6. The topological polar surface area (TPSA) is 52.7 Å². The summed E-state index contributed by atoms with van der Waals surface area (Å²) in [5.74, 6) is 0. The summed E-state index contributed by atoms with van der Waals surface area (Å²) in [5.41, 5.74) is 1.23. The van der Waals surface area contributed by atoms with Gasteiger partial charge in [0.2, 0.25) is 0 Å². The Morgan fingerprint density at radius 3 is 3.20 bits per heavy atom. The van der Waals surface area contributed by atoms with E-state index in [-0.39, 0.29) is 0 Å². The van der Waals surface area contributed by atoms with E-state index in [1.165, 1.54) is 31.4 Å². The van der Waals surface area contributed by atoms with Crippen molar-refractivity contribution in [2.45, 2.75) is 38.3 Å². The van der Waals surface area contributed by atoms with Crippen molar-refractivity contribution in [3.8, 4) is 0 Å². The zero-order valence-corrected chi connectivity index (χ0v) is 9.29. The summed E-state index contributed by atoms with van der Waals surface area (Å²) < 4.78 is 0. The van der Waals surface area contributed by atoms with Gasteiger partial charge in [0.05, 0.1) is 6.20 Å². The highest BCUT2D eigenvalue weighted by molar-refractivity contribution is 5.07. The van der Waals surface area contributed by atoms with E-state index in [1.54, 1.807) is 0 Å². The van der Waals surface area contributed by atoms with Gasteiger partial charge in [0.25, 0.3) is 0 Å². The first-order chi connectivity index (χ1) is 7.36. The Kier molecular flexibility index (Phi) is 3.75. The summed E-state index contributed by atoms with van der Waals surface area (Å²) in [5, 5.41) is 13.9. The Balaban J connectivity index is 1.73. The first-order valence-electron chi connectivity index (χ1n) is 5.81. The van der Waals surface area contributed by atoms with Crippen LogP contribution in [-0.4, -0.2) is 29.3 Å². The predicted molar refractivity (Wildman–Crippen MR) is 60.6 cm³/mol. The van der Waals surface area contributed by atoms with Crippen LogP contribution in [0.1, 0.15) is 37.8 Å². The maximum absolute atomic E-state index is 3.96. The second-order valence-electron chi connectivity index (χ2n) is 4.31. The molecule has 1 aromatic rings. The molecule has 2 heterocycles. The fraction of sp³-hybridized carbons (Fsp3) is 0.727. The molecule has 0 amide bonds. The van der Waals surface area contributed by atoms with E-state index < -0.39 is 0 Å². The van der Waals surface area contributed by atoms with Gasteiger partial charge < -0.3 is 10.6 Å². The van der Waals surface area contributed by atoms with Gasteiger partial charge in [-0.25, -0.2) is 0 Å². The second-order valence-corrected chi connectivity index (χ2v) is 4.31. The lowest BCUT2D eigenvalue weighted by atomic mass is 10.0. The number of nitrogens with one attached hydrogen (secondary N) is 3. The molecule has 1 aliphatic heterocycles. The second kappa shape index (κ2) is 5.28. The Labute approximate surface area is 90.8 Å². The molecule has 0 aromatic carbocycles. The monoisotopic (exact) mass is 208 g/mol. The van der Waals surface area contributed by atoms with Gasteiger partial charge in [0.1, 0.15) is 0 Å². The molecule has 15 heavy (non-hydrogen) atoms. The van der Waals surface area contributed by atoms with Gasteiger partial charge in [-0.3, -0.25) is 5.10 Å². The Morgan fingerprint density at radius 1 is 1.60 bits per heavy atom. The molecule has 1 fully saturated rings. The zero-order chi connectivity index (χ0) is 10.5. The molecule has 2 rings (SSSR count). The molecule has 4 heteroatoms. The number of aromatic amines is 1. The highest BCUT2D eigenvalue weighted by Crippen LogP contribution is 2.11. The van der Waals surface area contributed by atoms with Crippen LogP contribution in [0.5, 0.6) is 0 Å². The van der Waals surface area contributed by atoms with E-state index >= 15 is 0 Å². The van der Waals surface area contributed by atoms with Crippen molar-refractivity contribution in [2.24, 2.45) is 0 Å². The quantitative estimate of drug-likeness (QED) is 0.697. The van der Waals surface area contributed by atoms with Gasteiger partial charge in [-0.05, 0) is 26.3 Å². The molecule has 84 valence electrons. The minimum absolute atomic E-state index is 0.382. The fourth-order valence-electron chi connectivity index (χ4n) is 2.03. The number of hydrogen-bond acceptors (Lipinski definition) is 3. The normalized spacial score (nSPS) is 23.9. The summed E-state index contributed by atoms with van der Waals surface area (Å²) in [6.07, 6.45) is 7.82. The third-order valence-corrected chi connectivity index (χ3v) is 3.10. The van der Waals surface area contributed by atoms with E-state index in [9.17, 15) is 0 Å². The predicted octanol–water partition coefficient (Wildman–Crippen LogP) is 1.20. The third kappa shape index (κ3) is 3.04. The minimum atomic E-state index is 0.382. The van der Waals surface area contributed by atoms with Gasteiger partial charge in [0, 0.05) is 30.4 Å². The average Bonchev–Trinajstić information content (AvgIpc) is 2.81.